The van der Waals surface area contributed by atoms with Crippen LogP contribution in [0.1, 0.15) is 39.1 Å². The highest BCUT2D eigenvalue weighted by Gasteiger charge is 2.28. The second-order valence-electron chi connectivity index (χ2n) is 5.23. The first-order valence-electron chi connectivity index (χ1n) is 6.99. The van der Waals surface area contributed by atoms with Crippen LogP contribution in [-0.4, -0.2) is 34.1 Å². The molecule has 6 heteroatoms. The van der Waals surface area contributed by atoms with Crippen molar-refractivity contribution in [2.75, 3.05) is 13.1 Å². The number of nitrogens with zero attached hydrogens (tertiary/aromatic N) is 3. The molecule has 21 heavy (non-hydrogen) atoms. The smallest absolute Gasteiger partial charge is 0.255 e. The van der Waals surface area contributed by atoms with Crippen molar-refractivity contribution in [3.63, 3.8) is 0 Å². The van der Waals surface area contributed by atoms with Gasteiger partial charge in [0, 0.05) is 19.0 Å². The predicted octanol–water partition coefficient (Wildman–Crippen LogP) is 3.52. The van der Waals surface area contributed by atoms with Crippen molar-refractivity contribution in [1.82, 2.24) is 15.1 Å². The molecule has 1 saturated heterocycles. The maximum absolute atomic E-state index is 12.6. The minimum absolute atomic E-state index is 0.00605. The van der Waals surface area contributed by atoms with Crippen molar-refractivity contribution in [2.45, 2.75) is 25.7 Å². The summed E-state index contributed by atoms with van der Waals surface area (Å²) in [6.45, 7) is 3.42. The van der Waals surface area contributed by atoms with Gasteiger partial charge in [0.1, 0.15) is 10.0 Å². The van der Waals surface area contributed by atoms with E-state index in [2.05, 4.69) is 10.2 Å². The number of carbonyl (C=O) groups is 1. The molecule has 3 rings (SSSR count). The highest BCUT2D eigenvalue weighted by atomic mass is 35.5. The number of benzene rings is 1. The Bertz CT molecular complexity index is 658. The molecule has 0 spiro atoms. The molecule has 110 valence electrons. The van der Waals surface area contributed by atoms with Crippen molar-refractivity contribution < 1.29 is 4.79 Å². The largest absolute Gasteiger partial charge is 0.338 e. The van der Waals surface area contributed by atoms with E-state index < -0.39 is 0 Å². The number of hydrogen-bond acceptors (Lipinski definition) is 4. The number of rotatable bonds is 2. The standard InChI is InChI=1S/C15H16ClN3OS/c1-10-17-18-14(21-10)11-5-4-8-19(9-11)15(20)12-6-2-3-7-13(12)16/h2-3,6-7,11H,4-5,8-9H2,1H3. The average Bonchev–Trinajstić information content (AvgIpc) is 2.94. The summed E-state index contributed by atoms with van der Waals surface area (Å²) in [7, 11) is 0. The van der Waals surface area contributed by atoms with Gasteiger partial charge in [0.25, 0.3) is 5.91 Å². The SMILES string of the molecule is Cc1nnc(C2CCCN(C(=O)c3ccccc3Cl)C2)s1. The van der Waals surface area contributed by atoms with Gasteiger partial charge in [-0.2, -0.15) is 0 Å². The van der Waals surface area contributed by atoms with Crippen molar-refractivity contribution in [3.8, 4) is 0 Å². The highest BCUT2D eigenvalue weighted by molar-refractivity contribution is 7.11. The molecule has 1 aliphatic heterocycles. The summed E-state index contributed by atoms with van der Waals surface area (Å²) in [6, 6.07) is 7.21. The van der Waals surface area contributed by atoms with Crippen LogP contribution in [-0.2, 0) is 0 Å². The molecule has 1 atom stereocenters. The first kappa shape index (κ1) is 14.5. The summed E-state index contributed by atoms with van der Waals surface area (Å²) >= 11 is 7.75. The molecule has 1 aromatic carbocycles. The molecule has 4 nitrogen and oxygen atoms in total. The Balaban J connectivity index is 1.77. The maximum atomic E-state index is 12.6. The molecule has 1 amide bonds. The molecule has 0 bridgehead atoms. The van der Waals surface area contributed by atoms with Gasteiger partial charge in [-0.15, -0.1) is 21.5 Å². The maximum Gasteiger partial charge on any atom is 0.255 e. The molecular weight excluding hydrogens is 306 g/mol. The van der Waals surface area contributed by atoms with E-state index in [-0.39, 0.29) is 11.8 Å². The zero-order valence-corrected chi connectivity index (χ0v) is 13.3. The molecule has 1 aromatic heterocycles. The van der Waals surface area contributed by atoms with Crippen molar-refractivity contribution in [3.05, 3.63) is 44.9 Å². The number of halogens is 1. The predicted molar refractivity (Wildman–Crippen MR) is 84.0 cm³/mol. The third-order valence-electron chi connectivity index (χ3n) is 3.70. The zero-order chi connectivity index (χ0) is 14.8. The molecule has 1 aliphatic rings. The Morgan fingerprint density at radius 3 is 2.90 bits per heavy atom. The lowest BCUT2D eigenvalue weighted by Gasteiger charge is -2.31. The molecule has 0 radical (unpaired) electrons. The van der Waals surface area contributed by atoms with Gasteiger partial charge in [0.2, 0.25) is 0 Å². The van der Waals surface area contributed by atoms with E-state index in [4.69, 9.17) is 11.6 Å². The summed E-state index contributed by atoms with van der Waals surface area (Å²) in [5.41, 5.74) is 0.577. The number of amides is 1. The second kappa shape index (κ2) is 6.12. The second-order valence-corrected chi connectivity index (χ2v) is 6.85. The Labute approximate surface area is 132 Å². The summed E-state index contributed by atoms with van der Waals surface area (Å²) in [4.78, 5) is 14.5. The van der Waals surface area contributed by atoms with Crippen LogP contribution in [0.4, 0.5) is 0 Å². The first-order valence-corrected chi connectivity index (χ1v) is 8.18. The van der Waals surface area contributed by atoms with E-state index in [1.54, 1.807) is 23.5 Å². The fourth-order valence-electron chi connectivity index (χ4n) is 2.65. The minimum Gasteiger partial charge on any atom is -0.338 e. The Kier molecular flexibility index (Phi) is 4.22. The van der Waals surface area contributed by atoms with Crippen molar-refractivity contribution >= 4 is 28.8 Å². The number of aromatic nitrogens is 2. The van der Waals surface area contributed by atoms with Crippen LogP contribution >= 0.6 is 22.9 Å². The number of carbonyl (C=O) groups excluding carboxylic acids is 1. The third-order valence-corrected chi connectivity index (χ3v) is 5.03. The number of piperidine rings is 1. The van der Waals surface area contributed by atoms with E-state index in [9.17, 15) is 4.79 Å². The van der Waals surface area contributed by atoms with Crippen LogP contribution in [0.3, 0.4) is 0 Å². The Hall–Kier alpha value is -1.46. The van der Waals surface area contributed by atoms with Crippen LogP contribution < -0.4 is 0 Å². The van der Waals surface area contributed by atoms with Gasteiger partial charge >= 0.3 is 0 Å². The summed E-state index contributed by atoms with van der Waals surface area (Å²) in [5, 5.41) is 10.8. The van der Waals surface area contributed by atoms with Gasteiger partial charge in [-0.1, -0.05) is 23.7 Å². The van der Waals surface area contributed by atoms with Crippen LogP contribution in [0.5, 0.6) is 0 Å². The van der Waals surface area contributed by atoms with Gasteiger partial charge in [-0.25, -0.2) is 0 Å². The molecule has 1 fully saturated rings. The van der Waals surface area contributed by atoms with Crippen LogP contribution in [0.2, 0.25) is 5.02 Å². The van der Waals surface area contributed by atoms with Crippen molar-refractivity contribution in [1.29, 1.82) is 0 Å². The molecular formula is C15H16ClN3OS. The summed E-state index contributed by atoms with van der Waals surface area (Å²) < 4.78 is 0. The molecule has 2 heterocycles. The third kappa shape index (κ3) is 3.09. The number of hydrogen-bond donors (Lipinski definition) is 0. The van der Waals surface area contributed by atoms with E-state index in [0.717, 1.165) is 29.4 Å². The fourth-order valence-corrected chi connectivity index (χ4v) is 3.69. The van der Waals surface area contributed by atoms with Crippen LogP contribution in [0, 0.1) is 6.92 Å². The average molecular weight is 322 g/mol. The fraction of sp³-hybridized carbons (Fsp3) is 0.400. The van der Waals surface area contributed by atoms with E-state index in [1.165, 1.54) is 0 Å². The van der Waals surface area contributed by atoms with Crippen LogP contribution in [0.25, 0.3) is 0 Å². The van der Waals surface area contributed by atoms with Crippen molar-refractivity contribution in [2.24, 2.45) is 0 Å². The lowest BCUT2D eigenvalue weighted by molar-refractivity contribution is 0.0707. The minimum atomic E-state index is 0.00605. The summed E-state index contributed by atoms with van der Waals surface area (Å²) in [6.07, 6.45) is 2.04. The van der Waals surface area contributed by atoms with Gasteiger partial charge in [0.05, 0.1) is 10.6 Å². The normalized spacial score (nSPS) is 18.8. The lowest BCUT2D eigenvalue weighted by Crippen LogP contribution is -2.39. The van der Waals surface area contributed by atoms with Gasteiger partial charge < -0.3 is 4.90 Å². The number of aryl methyl sites for hydroxylation is 1. The van der Waals surface area contributed by atoms with Gasteiger partial charge in [-0.05, 0) is 31.9 Å². The molecule has 0 saturated carbocycles. The van der Waals surface area contributed by atoms with Crippen LogP contribution in [0.15, 0.2) is 24.3 Å². The zero-order valence-electron chi connectivity index (χ0n) is 11.8. The highest BCUT2D eigenvalue weighted by Crippen LogP contribution is 2.30. The van der Waals surface area contributed by atoms with Gasteiger partial charge in [-0.3, -0.25) is 4.79 Å². The van der Waals surface area contributed by atoms with Gasteiger partial charge in [0.15, 0.2) is 0 Å². The van der Waals surface area contributed by atoms with E-state index in [0.29, 0.717) is 17.1 Å². The van der Waals surface area contributed by atoms with E-state index in [1.807, 2.05) is 24.0 Å². The monoisotopic (exact) mass is 321 g/mol. The topological polar surface area (TPSA) is 46.1 Å². The Morgan fingerprint density at radius 2 is 2.19 bits per heavy atom. The Morgan fingerprint density at radius 1 is 1.38 bits per heavy atom. The lowest BCUT2D eigenvalue weighted by atomic mass is 9.98. The quantitative estimate of drug-likeness (QED) is 0.850. The molecule has 1 unspecified atom stereocenters. The summed E-state index contributed by atoms with van der Waals surface area (Å²) in [5.74, 6) is 0.294. The number of likely N-dealkylation sites (tertiary alicyclic amines) is 1. The van der Waals surface area contributed by atoms with E-state index >= 15 is 0 Å². The molecule has 0 N–H and O–H groups in total. The first-order chi connectivity index (χ1) is 10.1. The molecule has 2 aromatic rings. The molecule has 0 aliphatic carbocycles.